The van der Waals surface area contributed by atoms with Gasteiger partial charge in [0.25, 0.3) is 0 Å². The minimum Gasteiger partial charge on any atom is -0.466 e. The average Bonchev–Trinajstić information content (AvgIpc) is 2.39. The first kappa shape index (κ1) is 16.5. The highest BCUT2D eigenvalue weighted by atomic mass is 16.5. The van der Waals surface area contributed by atoms with Crippen LogP contribution in [0.1, 0.15) is 66.2 Å². The monoisotopic (exact) mass is 269 g/mol. The van der Waals surface area contributed by atoms with Gasteiger partial charge in [0.15, 0.2) is 0 Å². The van der Waals surface area contributed by atoms with Gasteiger partial charge in [0.2, 0.25) is 0 Å². The van der Waals surface area contributed by atoms with Crippen molar-refractivity contribution in [3.8, 4) is 0 Å². The summed E-state index contributed by atoms with van der Waals surface area (Å²) in [5, 5.41) is 3.70. The maximum atomic E-state index is 11.8. The molecule has 0 bridgehead atoms. The Hall–Kier alpha value is -0.570. The average molecular weight is 269 g/mol. The number of carbonyl (C=O) groups excluding carboxylic acids is 1. The summed E-state index contributed by atoms with van der Waals surface area (Å²) in [6, 6.07) is 1.03. The van der Waals surface area contributed by atoms with Crippen LogP contribution in [0.15, 0.2) is 0 Å². The van der Waals surface area contributed by atoms with E-state index in [-0.39, 0.29) is 11.9 Å². The molecule has 1 fully saturated rings. The summed E-state index contributed by atoms with van der Waals surface area (Å²) in [7, 11) is 0. The molecule has 0 aromatic carbocycles. The highest BCUT2D eigenvalue weighted by Gasteiger charge is 2.28. The van der Waals surface area contributed by atoms with Crippen LogP contribution in [0.2, 0.25) is 0 Å². The third kappa shape index (κ3) is 5.94. The first-order valence-corrected chi connectivity index (χ1v) is 7.99. The Bertz CT molecular complexity index is 267. The van der Waals surface area contributed by atoms with Crippen LogP contribution in [0.25, 0.3) is 0 Å². The molecule has 112 valence electrons. The lowest BCUT2D eigenvalue weighted by molar-refractivity contribution is -0.149. The van der Waals surface area contributed by atoms with E-state index in [1.807, 2.05) is 6.92 Å². The summed E-state index contributed by atoms with van der Waals surface area (Å²) < 4.78 is 5.15. The van der Waals surface area contributed by atoms with Crippen molar-refractivity contribution in [2.45, 2.75) is 78.3 Å². The Labute approximate surface area is 118 Å². The molecule has 1 saturated carbocycles. The van der Waals surface area contributed by atoms with Crippen molar-refractivity contribution in [3.05, 3.63) is 0 Å². The summed E-state index contributed by atoms with van der Waals surface area (Å²) >= 11 is 0. The molecule has 1 aliphatic carbocycles. The Balaban J connectivity index is 2.36. The topological polar surface area (TPSA) is 38.3 Å². The lowest BCUT2D eigenvalue weighted by Crippen LogP contribution is -2.42. The molecule has 0 radical (unpaired) electrons. The van der Waals surface area contributed by atoms with Crippen LogP contribution in [0.3, 0.4) is 0 Å². The predicted octanol–water partition coefficient (Wildman–Crippen LogP) is 3.52. The quantitative estimate of drug-likeness (QED) is 0.719. The van der Waals surface area contributed by atoms with Gasteiger partial charge < -0.3 is 10.1 Å². The van der Waals surface area contributed by atoms with Crippen LogP contribution in [0.4, 0.5) is 0 Å². The number of hydrogen-bond acceptors (Lipinski definition) is 3. The molecule has 0 aliphatic heterocycles. The molecule has 3 nitrogen and oxygen atoms in total. The van der Waals surface area contributed by atoms with Gasteiger partial charge in [-0.25, -0.2) is 0 Å². The minimum atomic E-state index is 0.00331. The van der Waals surface area contributed by atoms with Gasteiger partial charge in [-0.05, 0) is 45.4 Å². The van der Waals surface area contributed by atoms with Crippen molar-refractivity contribution in [2.75, 3.05) is 6.61 Å². The van der Waals surface area contributed by atoms with Gasteiger partial charge in [0, 0.05) is 12.1 Å². The fourth-order valence-electron chi connectivity index (χ4n) is 3.06. The SMILES string of the molecule is CCOC(=O)C1CCCC(NC(C)CC(C)CC)C1. The molecule has 1 aliphatic rings. The zero-order valence-electron chi connectivity index (χ0n) is 13.1. The normalized spacial score (nSPS) is 26.7. The van der Waals surface area contributed by atoms with Crippen molar-refractivity contribution in [1.82, 2.24) is 5.32 Å². The van der Waals surface area contributed by atoms with E-state index in [0.717, 1.165) is 25.2 Å². The molecule has 0 amide bonds. The minimum absolute atomic E-state index is 0.00331. The van der Waals surface area contributed by atoms with Crippen molar-refractivity contribution < 1.29 is 9.53 Å². The first-order chi connectivity index (χ1) is 9.06. The number of hydrogen-bond donors (Lipinski definition) is 1. The Kier molecular flexibility index (Phi) is 7.44. The van der Waals surface area contributed by atoms with Gasteiger partial charge >= 0.3 is 5.97 Å². The molecule has 0 heterocycles. The van der Waals surface area contributed by atoms with Crippen LogP contribution in [-0.2, 0) is 9.53 Å². The van der Waals surface area contributed by atoms with E-state index >= 15 is 0 Å². The molecular formula is C16H31NO2. The molecule has 0 saturated heterocycles. The number of nitrogens with one attached hydrogen (secondary N) is 1. The van der Waals surface area contributed by atoms with E-state index in [1.54, 1.807) is 0 Å². The third-order valence-corrected chi connectivity index (χ3v) is 4.27. The van der Waals surface area contributed by atoms with Gasteiger partial charge in [0.1, 0.15) is 0 Å². The molecule has 4 unspecified atom stereocenters. The van der Waals surface area contributed by atoms with E-state index in [0.29, 0.717) is 18.7 Å². The lowest BCUT2D eigenvalue weighted by Gasteiger charge is -2.31. The van der Waals surface area contributed by atoms with Crippen molar-refractivity contribution in [3.63, 3.8) is 0 Å². The molecule has 19 heavy (non-hydrogen) atoms. The Morgan fingerprint density at radius 1 is 1.32 bits per heavy atom. The van der Waals surface area contributed by atoms with Gasteiger partial charge in [-0.15, -0.1) is 0 Å². The molecule has 0 aromatic rings. The summed E-state index contributed by atoms with van der Waals surface area (Å²) in [5.74, 6) is 0.887. The van der Waals surface area contributed by atoms with Crippen molar-refractivity contribution >= 4 is 5.97 Å². The standard InChI is InChI=1S/C16H31NO2/c1-5-12(3)10-13(4)17-15-9-7-8-14(11-15)16(18)19-6-2/h12-15,17H,5-11H2,1-4H3. The highest BCUT2D eigenvalue weighted by molar-refractivity contribution is 5.72. The smallest absolute Gasteiger partial charge is 0.308 e. The van der Waals surface area contributed by atoms with Crippen LogP contribution in [-0.4, -0.2) is 24.7 Å². The zero-order valence-corrected chi connectivity index (χ0v) is 13.1. The van der Waals surface area contributed by atoms with E-state index < -0.39 is 0 Å². The third-order valence-electron chi connectivity index (χ3n) is 4.27. The number of ether oxygens (including phenoxy) is 1. The number of esters is 1. The maximum absolute atomic E-state index is 11.8. The number of rotatable bonds is 7. The van der Waals surface area contributed by atoms with E-state index in [4.69, 9.17) is 4.74 Å². The second-order valence-electron chi connectivity index (χ2n) is 6.13. The van der Waals surface area contributed by atoms with Crippen LogP contribution < -0.4 is 5.32 Å². The first-order valence-electron chi connectivity index (χ1n) is 7.99. The fraction of sp³-hybridized carbons (Fsp3) is 0.938. The molecule has 0 aromatic heterocycles. The van der Waals surface area contributed by atoms with Crippen molar-refractivity contribution in [2.24, 2.45) is 11.8 Å². The Morgan fingerprint density at radius 2 is 2.05 bits per heavy atom. The fourth-order valence-corrected chi connectivity index (χ4v) is 3.06. The second-order valence-corrected chi connectivity index (χ2v) is 6.13. The largest absolute Gasteiger partial charge is 0.466 e. The molecule has 1 rings (SSSR count). The van der Waals surface area contributed by atoms with Gasteiger partial charge in [-0.1, -0.05) is 26.7 Å². The van der Waals surface area contributed by atoms with E-state index in [1.165, 1.54) is 19.3 Å². The number of carbonyl (C=O) groups is 1. The predicted molar refractivity (Wildman–Crippen MR) is 79.0 cm³/mol. The summed E-state index contributed by atoms with van der Waals surface area (Å²) in [6.07, 6.45) is 6.73. The van der Waals surface area contributed by atoms with Gasteiger partial charge in [-0.2, -0.15) is 0 Å². The zero-order chi connectivity index (χ0) is 14.3. The molecular weight excluding hydrogens is 238 g/mol. The van der Waals surface area contributed by atoms with Crippen LogP contribution in [0.5, 0.6) is 0 Å². The van der Waals surface area contributed by atoms with E-state index in [9.17, 15) is 4.79 Å². The van der Waals surface area contributed by atoms with Crippen molar-refractivity contribution in [1.29, 1.82) is 0 Å². The molecule has 0 spiro atoms. The van der Waals surface area contributed by atoms with Crippen LogP contribution in [0, 0.1) is 11.8 Å². The molecule has 1 N–H and O–H groups in total. The second kappa shape index (κ2) is 8.57. The van der Waals surface area contributed by atoms with Gasteiger partial charge in [0.05, 0.1) is 12.5 Å². The summed E-state index contributed by atoms with van der Waals surface area (Å²) in [5.41, 5.74) is 0. The highest BCUT2D eigenvalue weighted by Crippen LogP contribution is 2.26. The summed E-state index contributed by atoms with van der Waals surface area (Å²) in [6.45, 7) is 9.19. The maximum Gasteiger partial charge on any atom is 0.308 e. The Morgan fingerprint density at radius 3 is 2.68 bits per heavy atom. The van der Waals surface area contributed by atoms with Gasteiger partial charge in [-0.3, -0.25) is 4.79 Å². The molecule has 3 heteroatoms. The van der Waals surface area contributed by atoms with Crippen LogP contribution >= 0.6 is 0 Å². The lowest BCUT2D eigenvalue weighted by atomic mass is 9.85. The summed E-state index contributed by atoms with van der Waals surface area (Å²) in [4.78, 5) is 11.8. The van der Waals surface area contributed by atoms with E-state index in [2.05, 4.69) is 26.1 Å². The molecule has 4 atom stereocenters.